The van der Waals surface area contributed by atoms with Crippen molar-refractivity contribution in [3.63, 3.8) is 0 Å². The molecule has 3 rings (SSSR count). The normalized spacial score (nSPS) is 19.6. The molecular formula is C16H20O3. The molecule has 2 aliphatic rings. The Labute approximate surface area is 113 Å². The summed E-state index contributed by atoms with van der Waals surface area (Å²) in [5, 5.41) is 9.18. The minimum atomic E-state index is -0.701. The Kier molecular flexibility index (Phi) is 3.00. The molecule has 3 heteroatoms. The first-order valence-electron chi connectivity index (χ1n) is 7.07. The number of benzene rings is 1. The van der Waals surface area contributed by atoms with Gasteiger partial charge < -0.3 is 9.84 Å². The average molecular weight is 260 g/mol. The number of aliphatic carboxylic acids is 1. The Bertz CT molecular complexity index is 515. The Morgan fingerprint density at radius 3 is 2.68 bits per heavy atom. The van der Waals surface area contributed by atoms with Crippen molar-refractivity contribution < 1.29 is 14.6 Å². The Balaban J connectivity index is 2.10. The molecule has 0 amide bonds. The van der Waals surface area contributed by atoms with E-state index in [2.05, 4.69) is 6.07 Å². The molecule has 0 unspecified atom stereocenters. The van der Waals surface area contributed by atoms with Gasteiger partial charge in [-0.1, -0.05) is 6.07 Å². The summed E-state index contributed by atoms with van der Waals surface area (Å²) in [4.78, 5) is 11.2. The van der Waals surface area contributed by atoms with Crippen LogP contribution in [0, 0.1) is 0 Å². The Hall–Kier alpha value is -1.51. The molecule has 0 atom stereocenters. The number of hydrogen-bond donors (Lipinski definition) is 1. The van der Waals surface area contributed by atoms with E-state index < -0.39 is 5.97 Å². The molecule has 0 bridgehead atoms. The first kappa shape index (κ1) is 12.5. The molecule has 0 radical (unpaired) electrons. The number of methoxy groups -OCH3 is 1. The smallest absolute Gasteiger partial charge is 0.304 e. The van der Waals surface area contributed by atoms with Crippen LogP contribution in [0.25, 0.3) is 0 Å². The first-order chi connectivity index (χ1) is 9.16. The summed E-state index contributed by atoms with van der Waals surface area (Å²) < 4.78 is 5.53. The summed E-state index contributed by atoms with van der Waals surface area (Å²) in [7, 11) is 1.69. The van der Waals surface area contributed by atoms with Crippen molar-refractivity contribution in [2.45, 2.75) is 50.4 Å². The number of rotatable bonds is 4. The van der Waals surface area contributed by atoms with E-state index in [0.717, 1.165) is 31.4 Å². The maximum atomic E-state index is 11.2. The Morgan fingerprint density at radius 1 is 1.32 bits per heavy atom. The number of carboxylic acid groups (broad SMARTS) is 1. The van der Waals surface area contributed by atoms with Crippen LogP contribution in [-0.2, 0) is 23.1 Å². The third-order valence-electron chi connectivity index (χ3n) is 4.59. The number of carbonyl (C=O) groups is 1. The van der Waals surface area contributed by atoms with Gasteiger partial charge in [0.05, 0.1) is 13.5 Å². The maximum Gasteiger partial charge on any atom is 0.304 e. The number of aryl methyl sites for hydroxylation is 1. The number of fused-ring (bicyclic) bond motifs is 1. The van der Waals surface area contributed by atoms with Crippen molar-refractivity contribution in [3.05, 3.63) is 28.8 Å². The lowest BCUT2D eigenvalue weighted by atomic mass is 9.80. The fourth-order valence-corrected chi connectivity index (χ4v) is 3.51. The monoisotopic (exact) mass is 260 g/mol. The van der Waals surface area contributed by atoms with Crippen molar-refractivity contribution >= 4 is 5.97 Å². The van der Waals surface area contributed by atoms with E-state index in [-0.39, 0.29) is 11.8 Å². The van der Waals surface area contributed by atoms with Gasteiger partial charge in [0.25, 0.3) is 0 Å². The van der Waals surface area contributed by atoms with Crippen LogP contribution in [0.15, 0.2) is 12.1 Å². The van der Waals surface area contributed by atoms with Crippen LogP contribution in [0.4, 0.5) is 0 Å². The quantitative estimate of drug-likeness (QED) is 0.905. The van der Waals surface area contributed by atoms with E-state index in [1.807, 2.05) is 6.07 Å². The molecule has 3 nitrogen and oxygen atoms in total. The predicted octanol–water partition coefficient (Wildman–Crippen LogP) is 3.08. The first-order valence-corrected chi connectivity index (χ1v) is 7.07. The van der Waals surface area contributed by atoms with Crippen LogP contribution in [0.1, 0.15) is 48.8 Å². The van der Waals surface area contributed by atoms with Crippen molar-refractivity contribution in [2.75, 3.05) is 7.11 Å². The maximum absolute atomic E-state index is 11.2. The lowest BCUT2D eigenvalue weighted by Crippen LogP contribution is -2.19. The molecule has 19 heavy (non-hydrogen) atoms. The molecule has 1 fully saturated rings. The summed E-state index contributed by atoms with van der Waals surface area (Å²) in [5.41, 5.74) is 3.83. The number of ether oxygens (including phenoxy) is 1. The summed E-state index contributed by atoms with van der Waals surface area (Å²) in [6.07, 6.45) is 6.83. The molecule has 1 aromatic rings. The highest BCUT2D eigenvalue weighted by Crippen LogP contribution is 2.56. The van der Waals surface area contributed by atoms with E-state index in [0.29, 0.717) is 0 Å². The zero-order chi connectivity index (χ0) is 13.5. The molecule has 0 heterocycles. The molecule has 0 saturated heterocycles. The molecule has 1 saturated carbocycles. The van der Waals surface area contributed by atoms with Crippen LogP contribution in [0.2, 0.25) is 0 Å². The summed E-state index contributed by atoms with van der Waals surface area (Å²) in [6.45, 7) is 0. The van der Waals surface area contributed by atoms with Crippen molar-refractivity contribution in [1.82, 2.24) is 0 Å². The fourth-order valence-electron chi connectivity index (χ4n) is 3.51. The summed E-state index contributed by atoms with van der Waals surface area (Å²) in [5.74, 6) is 0.187. The zero-order valence-corrected chi connectivity index (χ0v) is 11.4. The molecule has 0 aromatic heterocycles. The topological polar surface area (TPSA) is 46.5 Å². The third kappa shape index (κ3) is 2.11. The van der Waals surface area contributed by atoms with Crippen LogP contribution in [-0.4, -0.2) is 18.2 Å². The lowest BCUT2D eigenvalue weighted by Gasteiger charge is -2.26. The molecule has 1 N–H and O–H groups in total. The second kappa shape index (κ2) is 4.55. The standard InChI is InChI=1S/C16H20O3/c1-19-13-7-6-11-4-2-3-5-12(11)15(13)16(8-9-16)10-14(17)18/h6-7H,2-5,8-10H2,1H3,(H,17,18). The van der Waals surface area contributed by atoms with Gasteiger partial charge in [-0.25, -0.2) is 0 Å². The van der Waals surface area contributed by atoms with Gasteiger partial charge in [0.1, 0.15) is 5.75 Å². The largest absolute Gasteiger partial charge is 0.496 e. The molecule has 102 valence electrons. The van der Waals surface area contributed by atoms with Gasteiger partial charge in [0.2, 0.25) is 0 Å². The lowest BCUT2D eigenvalue weighted by molar-refractivity contribution is -0.137. The van der Waals surface area contributed by atoms with E-state index in [1.165, 1.54) is 29.5 Å². The fraction of sp³-hybridized carbons (Fsp3) is 0.562. The van der Waals surface area contributed by atoms with Gasteiger partial charge in [0.15, 0.2) is 0 Å². The van der Waals surface area contributed by atoms with Gasteiger partial charge in [-0.05, 0) is 55.7 Å². The predicted molar refractivity (Wildman–Crippen MR) is 72.8 cm³/mol. The zero-order valence-electron chi connectivity index (χ0n) is 11.4. The second-order valence-electron chi connectivity index (χ2n) is 5.84. The van der Waals surface area contributed by atoms with E-state index in [9.17, 15) is 9.90 Å². The van der Waals surface area contributed by atoms with Crippen LogP contribution in [0.5, 0.6) is 5.75 Å². The van der Waals surface area contributed by atoms with Crippen molar-refractivity contribution in [1.29, 1.82) is 0 Å². The van der Waals surface area contributed by atoms with Gasteiger partial charge in [0, 0.05) is 11.0 Å². The molecule has 0 spiro atoms. The van der Waals surface area contributed by atoms with Crippen LogP contribution < -0.4 is 4.74 Å². The summed E-state index contributed by atoms with van der Waals surface area (Å²) in [6, 6.07) is 4.19. The third-order valence-corrected chi connectivity index (χ3v) is 4.59. The van der Waals surface area contributed by atoms with Gasteiger partial charge >= 0.3 is 5.97 Å². The van der Waals surface area contributed by atoms with E-state index >= 15 is 0 Å². The molecular weight excluding hydrogens is 240 g/mol. The molecule has 2 aliphatic carbocycles. The number of hydrogen-bond acceptors (Lipinski definition) is 2. The van der Waals surface area contributed by atoms with Crippen molar-refractivity contribution in [3.8, 4) is 5.75 Å². The van der Waals surface area contributed by atoms with Crippen LogP contribution >= 0.6 is 0 Å². The van der Waals surface area contributed by atoms with Crippen molar-refractivity contribution in [2.24, 2.45) is 0 Å². The van der Waals surface area contributed by atoms with Crippen LogP contribution in [0.3, 0.4) is 0 Å². The van der Waals surface area contributed by atoms with E-state index in [1.54, 1.807) is 7.11 Å². The highest BCUT2D eigenvalue weighted by molar-refractivity contribution is 5.71. The highest BCUT2D eigenvalue weighted by atomic mass is 16.5. The minimum absolute atomic E-state index is 0.153. The van der Waals surface area contributed by atoms with Gasteiger partial charge in [-0.2, -0.15) is 0 Å². The highest BCUT2D eigenvalue weighted by Gasteiger charge is 2.49. The number of carboxylic acids is 1. The summed E-state index contributed by atoms with van der Waals surface area (Å²) >= 11 is 0. The second-order valence-corrected chi connectivity index (χ2v) is 5.84. The van der Waals surface area contributed by atoms with Gasteiger partial charge in [-0.3, -0.25) is 4.79 Å². The minimum Gasteiger partial charge on any atom is -0.496 e. The van der Waals surface area contributed by atoms with E-state index in [4.69, 9.17) is 4.74 Å². The average Bonchev–Trinajstić information content (AvgIpc) is 3.17. The molecule has 0 aliphatic heterocycles. The molecule has 1 aromatic carbocycles. The SMILES string of the molecule is COc1ccc2c(c1C1(CC(=O)O)CC1)CCCC2. The van der Waals surface area contributed by atoms with Gasteiger partial charge in [-0.15, -0.1) is 0 Å². The Morgan fingerprint density at radius 2 is 2.05 bits per heavy atom.